The van der Waals surface area contributed by atoms with Gasteiger partial charge >= 0.3 is 0 Å². The molecule has 0 rings (SSSR count). The van der Waals surface area contributed by atoms with Crippen LogP contribution in [0.2, 0.25) is 16.6 Å². The third-order valence-electron chi connectivity index (χ3n) is 3.62. The molecule has 0 aliphatic heterocycles. The molecule has 0 aromatic heterocycles. The smallest absolute Gasteiger partial charge is 0.203 e. The van der Waals surface area contributed by atoms with E-state index in [4.69, 9.17) is 14.3 Å². The maximum Gasteiger partial charge on any atom is 0.203 e. The monoisotopic (exact) mass is 278 g/mol. The molecule has 0 radical (unpaired) electrons. The van der Waals surface area contributed by atoms with Crippen LogP contribution in [0.3, 0.4) is 0 Å². The van der Waals surface area contributed by atoms with Gasteiger partial charge in [0.05, 0.1) is 13.2 Å². The van der Waals surface area contributed by atoms with E-state index in [1.54, 1.807) is 0 Å². The van der Waals surface area contributed by atoms with Crippen molar-refractivity contribution in [1.29, 1.82) is 0 Å². The molecule has 0 unspecified atom stereocenters. The molecule has 2 N–H and O–H groups in total. The Labute approximate surface area is 112 Å². The summed E-state index contributed by atoms with van der Waals surface area (Å²) in [5, 5.41) is 17.9. The molecule has 0 fully saturated rings. The largest absolute Gasteiger partial charge is 0.394 e. The highest BCUT2D eigenvalue weighted by Crippen LogP contribution is 2.42. The molecule has 0 aliphatic rings. The van der Waals surface area contributed by atoms with Crippen molar-refractivity contribution in [2.75, 3.05) is 20.0 Å². The fourth-order valence-corrected chi connectivity index (χ4v) is 8.17. The minimum Gasteiger partial charge on any atom is -0.394 e. The van der Waals surface area contributed by atoms with E-state index in [0.29, 0.717) is 16.6 Å². The van der Waals surface area contributed by atoms with Crippen LogP contribution < -0.4 is 0 Å². The van der Waals surface area contributed by atoms with E-state index in [9.17, 15) is 5.11 Å². The molecule has 110 valence electrons. The Hall–Kier alpha value is 0.0569. The van der Waals surface area contributed by atoms with E-state index in [1.165, 1.54) is 0 Å². The Balaban J connectivity index is 4.43. The molecule has 0 aliphatic carbocycles. The number of aliphatic hydroxyl groups is 2. The van der Waals surface area contributed by atoms with E-state index in [-0.39, 0.29) is 20.0 Å². The van der Waals surface area contributed by atoms with Crippen molar-refractivity contribution in [3.63, 3.8) is 0 Å². The molecule has 0 aromatic rings. The van der Waals surface area contributed by atoms with Crippen molar-refractivity contribution in [3.05, 3.63) is 0 Å². The van der Waals surface area contributed by atoms with Gasteiger partial charge in [-0.2, -0.15) is 0 Å². The number of hydrogen-bond donors (Lipinski definition) is 2. The van der Waals surface area contributed by atoms with E-state index < -0.39 is 14.4 Å². The summed E-state index contributed by atoms with van der Waals surface area (Å²) < 4.78 is 11.4. The van der Waals surface area contributed by atoms with Gasteiger partial charge in [-0.1, -0.05) is 41.5 Å². The second-order valence-electron chi connectivity index (χ2n) is 5.79. The molecular weight excluding hydrogens is 248 g/mol. The second-order valence-corrected chi connectivity index (χ2v) is 11.2. The Morgan fingerprint density at radius 1 is 0.944 bits per heavy atom. The molecule has 1 atom stereocenters. The first-order valence-electron chi connectivity index (χ1n) is 6.79. The summed E-state index contributed by atoms with van der Waals surface area (Å²) in [6.45, 7) is 13.4. The van der Waals surface area contributed by atoms with E-state index in [1.807, 2.05) is 0 Å². The Morgan fingerprint density at radius 3 is 1.72 bits per heavy atom. The predicted molar refractivity (Wildman–Crippen MR) is 76.0 cm³/mol. The van der Waals surface area contributed by atoms with E-state index >= 15 is 0 Å². The summed E-state index contributed by atoms with van der Waals surface area (Å²) in [4.78, 5) is 0. The summed E-state index contributed by atoms with van der Waals surface area (Å²) in [7, 11) is -1.88. The van der Waals surface area contributed by atoms with Crippen LogP contribution in [0.15, 0.2) is 0 Å². The van der Waals surface area contributed by atoms with Crippen LogP contribution in [-0.2, 0) is 9.16 Å². The third kappa shape index (κ3) is 4.62. The van der Waals surface area contributed by atoms with Crippen LogP contribution in [0, 0.1) is 0 Å². The van der Waals surface area contributed by atoms with Gasteiger partial charge in [-0.05, 0) is 16.6 Å². The van der Waals surface area contributed by atoms with Gasteiger partial charge in [-0.25, -0.2) is 0 Å². The summed E-state index contributed by atoms with van der Waals surface area (Å²) in [5.41, 5.74) is 1.55. The number of aliphatic hydroxyl groups excluding tert-OH is 2. The highest BCUT2D eigenvalue weighted by atomic mass is 28.4. The molecule has 0 saturated heterocycles. The average molecular weight is 278 g/mol. The van der Waals surface area contributed by atoms with Crippen molar-refractivity contribution in [2.24, 2.45) is 0 Å². The molecule has 0 spiro atoms. The van der Waals surface area contributed by atoms with Crippen LogP contribution in [0.25, 0.3) is 0 Å². The first kappa shape index (κ1) is 18.1. The zero-order valence-corrected chi connectivity index (χ0v) is 13.6. The lowest BCUT2D eigenvalue weighted by Gasteiger charge is -2.41. The summed E-state index contributed by atoms with van der Waals surface area (Å²) in [5.74, 6) is 0. The van der Waals surface area contributed by atoms with Gasteiger partial charge in [0.1, 0.15) is 12.9 Å². The maximum atomic E-state index is 9.20. The zero-order valence-electron chi connectivity index (χ0n) is 12.6. The molecule has 0 heterocycles. The lowest BCUT2D eigenvalue weighted by molar-refractivity contribution is -0.0494. The number of ether oxygens (including phenoxy) is 1. The van der Waals surface area contributed by atoms with Gasteiger partial charge < -0.3 is 19.4 Å². The van der Waals surface area contributed by atoms with Gasteiger partial charge in [0.25, 0.3) is 0 Å². The highest BCUT2D eigenvalue weighted by molar-refractivity contribution is 6.77. The van der Waals surface area contributed by atoms with Gasteiger partial charge in [-0.3, -0.25) is 0 Å². The first-order chi connectivity index (χ1) is 8.28. The Kier molecular flexibility index (Phi) is 8.30. The molecule has 18 heavy (non-hydrogen) atoms. The van der Waals surface area contributed by atoms with Crippen LogP contribution in [0.4, 0.5) is 0 Å². The van der Waals surface area contributed by atoms with Crippen LogP contribution in [0.1, 0.15) is 41.5 Å². The zero-order chi connectivity index (χ0) is 14.3. The van der Waals surface area contributed by atoms with E-state index in [0.717, 1.165) is 0 Å². The maximum absolute atomic E-state index is 9.20. The predicted octanol–water partition coefficient (Wildman–Crippen LogP) is 2.51. The van der Waals surface area contributed by atoms with Crippen molar-refractivity contribution in [2.45, 2.75) is 64.3 Å². The summed E-state index contributed by atoms with van der Waals surface area (Å²) >= 11 is 0. The molecular formula is C13H30O4Si. The van der Waals surface area contributed by atoms with Crippen molar-refractivity contribution < 1.29 is 19.4 Å². The summed E-state index contributed by atoms with van der Waals surface area (Å²) in [6.07, 6.45) is -0.818. The van der Waals surface area contributed by atoms with Crippen LogP contribution >= 0.6 is 0 Å². The summed E-state index contributed by atoms with van der Waals surface area (Å²) in [6, 6.07) is 0. The minimum absolute atomic E-state index is 0.120. The third-order valence-corrected chi connectivity index (χ3v) is 9.65. The number of hydrogen-bond acceptors (Lipinski definition) is 4. The Morgan fingerprint density at radius 2 is 1.39 bits per heavy atom. The van der Waals surface area contributed by atoms with Crippen molar-refractivity contribution >= 4 is 8.32 Å². The molecule has 0 bridgehead atoms. The SMILES string of the molecule is CC(C)[Si](OCOC[C@@H](O)CO)(C(C)C)C(C)C. The van der Waals surface area contributed by atoms with Gasteiger partial charge in [-0.15, -0.1) is 0 Å². The fraction of sp³-hybridized carbons (Fsp3) is 1.00. The standard InChI is InChI=1S/C13H30O4Si/c1-10(2)18(11(3)4,12(5)6)17-9-16-8-13(15)7-14/h10-15H,7-9H2,1-6H3/t13-/m0/s1. The van der Waals surface area contributed by atoms with Gasteiger partial charge in [0, 0.05) is 0 Å². The molecule has 0 amide bonds. The molecule has 4 nitrogen and oxygen atoms in total. The van der Waals surface area contributed by atoms with Crippen LogP contribution in [-0.4, -0.2) is 44.6 Å². The lowest BCUT2D eigenvalue weighted by Crippen LogP contribution is -2.48. The number of rotatable bonds is 9. The topological polar surface area (TPSA) is 58.9 Å². The molecule has 0 aromatic carbocycles. The van der Waals surface area contributed by atoms with Crippen molar-refractivity contribution in [1.82, 2.24) is 0 Å². The van der Waals surface area contributed by atoms with Gasteiger partial charge in [0.15, 0.2) is 0 Å². The average Bonchev–Trinajstić information content (AvgIpc) is 2.27. The Bertz CT molecular complexity index is 197. The normalized spacial score (nSPS) is 14.8. The first-order valence-corrected chi connectivity index (χ1v) is 8.93. The molecule has 5 heteroatoms. The van der Waals surface area contributed by atoms with Gasteiger partial charge in [0.2, 0.25) is 8.32 Å². The van der Waals surface area contributed by atoms with Crippen LogP contribution in [0.5, 0.6) is 0 Å². The van der Waals surface area contributed by atoms with E-state index in [2.05, 4.69) is 41.5 Å². The molecule has 0 saturated carbocycles. The quantitative estimate of drug-likeness (QED) is 0.386. The lowest BCUT2D eigenvalue weighted by atomic mass is 10.4. The fourth-order valence-electron chi connectivity index (χ4n) is 2.88. The second kappa shape index (κ2) is 8.27. The highest BCUT2D eigenvalue weighted by Gasteiger charge is 2.45. The minimum atomic E-state index is -1.88. The van der Waals surface area contributed by atoms with Crippen molar-refractivity contribution in [3.8, 4) is 0 Å².